The molecule has 0 spiro atoms. The topological polar surface area (TPSA) is 49.3 Å². The molecule has 0 atom stereocenters. The summed E-state index contributed by atoms with van der Waals surface area (Å²) < 4.78 is 26.8. The maximum Gasteiger partial charge on any atom is 0.257 e. The molecular weight excluding hydrogens is 276 g/mol. The van der Waals surface area contributed by atoms with Crippen LogP contribution in [0.3, 0.4) is 0 Å². The predicted molar refractivity (Wildman–Crippen MR) is 74.8 cm³/mol. The highest BCUT2D eigenvalue weighted by molar-refractivity contribution is 5.94. The summed E-state index contributed by atoms with van der Waals surface area (Å²) in [6.45, 7) is 0.245. The van der Waals surface area contributed by atoms with Crippen molar-refractivity contribution in [1.29, 1.82) is 0 Å². The van der Waals surface area contributed by atoms with Crippen LogP contribution in [-0.4, -0.2) is 17.6 Å². The van der Waals surface area contributed by atoms with Crippen molar-refractivity contribution < 1.29 is 18.7 Å². The first-order chi connectivity index (χ1) is 10.1. The standard InChI is InChI=1S/C16H15F2NO2/c17-13-2-1-3-14(18)15(13)16(21)19-9-8-11-4-6-12(10-20)7-5-11/h1-7,20H,8-10H2,(H,19,21). The Morgan fingerprint density at radius 3 is 2.14 bits per heavy atom. The zero-order chi connectivity index (χ0) is 15.2. The van der Waals surface area contributed by atoms with Crippen LogP contribution < -0.4 is 5.32 Å². The van der Waals surface area contributed by atoms with Gasteiger partial charge in [0.25, 0.3) is 5.91 Å². The second-order valence-corrected chi connectivity index (χ2v) is 4.58. The largest absolute Gasteiger partial charge is 0.392 e. The van der Waals surface area contributed by atoms with E-state index >= 15 is 0 Å². The number of aliphatic hydroxyl groups is 1. The van der Waals surface area contributed by atoms with Crippen LogP contribution in [0.25, 0.3) is 0 Å². The van der Waals surface area contributed by atoms with Crippen LogP contribution in [0, 0.1) is 11.6 Å². The van der Waals surface area contributed by atoms with Crippen LogP contribution in [0.15, 0.2) is 42.5 Å². The predicted octanol–water partition coefficient (Wildman–Crippen LogP) is 2.43. The van der Waals surface area contributed by atoms with Gasteiger partial charge >= 0.3 is 0 Å². The van der Waals surface area contributed by atoms with E-state index in [0.29, 0.717) is 6.42 Å². The van der Waals surface area contributed by atoms with Crippen LogP contribution in [-0.2, 0) is 13.0 Å². The molecule has 2 N–H and O–H groups in total. The van der Waals surface area contributed by atoms with Gasteiger partial charge in [-0.05, 0) is 29.7 Å². The number of hydrogen-bond donors (Lipinski definition) is 2. The Morgan fingerprint density at radius 1 is 1.00 bits per heavy atom. The van der Waals surface area contributed by atoms with Crippen molar-refractivity contribution in [2.45, 2.75) is 13.0 Å². The number of aliphatic hydroxyl groups excluding tert-OH is 1. The third-order valence-corrected chi connectivity index (χ3v) is 3.09. The summed E-state index contributed by atoms with van der Waals surface area (Å²) in [5, 5.41) is 11.4. The van der Waals surface area contributed by atoms with Crippen LogP contribution >= 0.6 is 0 Å². The van der Waals surface area contributed by atoms with Gasteiger partial charge in [-0.1, -0.05) is 30.3 Å². The van der Waals surface area contributed by atoms with Crippen molar-refractivity contribution in [2.24, 2.45) is 0 Å². The number of rotatable bonds is 5. The van der Waals surface area contributed by atoms with Gasteiger partial charge in [-0.25, -0.2) is 8.78 Å². The summed E-state index contributed by atoms with van der Waals surface area (Å²) in [6, 6.07) is 10.5. The fourth-order valence-electron chi connectivity index (χ4n) is 1.93. The minimum Gasteiger partial charge on any atom is -0.392 e. The highest BCUT2D eigenvalue weighted by Gasteiger charge is 2.16. The molecule has 0 saturated carbocycles. The Morgan fingerprint density at radius 2 is 1.57 bits per heavy atom. The lowest BCUT2D eigenvalue weighted by molar-refractivity contribution is 0.0945. The smallest absolute Gasteiger partial charge is 0.257 e. The molecule has 0 aliphatic carbocycles. The average Bonchev–Trinajstić information content (AvgIpc) is 2.48. The molecule has 0 aliphatic heterocycles. The first kappa shape index (κ1) is 15.1. The van der Waals surface area contributed by atoms with E-state index < -0.39 is 23.1 Å². The lowest BCUT2D eigenvalue weighted by Crippen LogP contribution is -2.27. The van der Waals surface area contributed by atoms with Gasteiger partial charge < -0.3 is 10.4 Å². The number of benzene rings is 2. The Labute approximate surface area is 121 Å². The van der Waals surface area contributed by atoms with Gasteiger partial charge in [-0.15, -0.1) is 0 Å². The maximum atomic E-state index is 13.4. The fraction of sp³-hybridized carbons (Fsp3) is 0.188. The summed E-state index contributed by atoms with van der Waals surface area (Å²) in [6.07, 6.45) is 0.535. The lowest BCUT2D eigenvalue weighted by Gasteiger charge is -2.07. The maximum absolute atomic E-state index is 13.4. The molecule has 0 saturated heterocycles. The molecule has 3 nitrogen and oxygen atoms in total. The zero-order valence-electron chi connectivity index (χ0n) is 11.3. The Bertz CT molecular complexity index is 606. The molecule has 0 aliphatic rings. The number of carbonyl (C=O) groups excluding carboxylic acids is 1. The number of hydrogen-bond acceptors (Lipinski definition) is 2. The molecule has 0 unspecified atom stereocenters. The molecular formula is C16H15F2NO2. The highest BCUT2D eigenvalue weighted by atomic mass is 19.1. The van der Waals surface area contributed by atoms with E-state index in [4.69, 9.17) is 5.11 Å². The molecule has 0 bridgehead atoms. The van der Waals surface area contributed by atoms with E-state index in [1.807, 2.05) is 12.1 Å². The van der Waals surface area contributed by atoms with Gasteiger partial charge in [0, 0.05) is 6.54 Å². The van der Waals surface area contributed by atoms with Crippen LogP contribution in [0.5, 0.6) is 0 Å². The van der Waals surface area contributed by atoms with Gasteiger partial charge in [0.15, 0.2) is 0 Å². The molecule has 1 amide bonds. The van der Waals surface area contributed by atoms with E-state index in [0.717, 1.165) is 23.3 Å². The summed E-state index contributed by atoms with van der Waals surface area (Å²) in [5.41, 5.74) is 1.20. The van der Waals surface area contributed by atoms with E-state index in [-0.39, 0.29) is 13.2 Å². The molecule has 5 heteroatoms. The molecule has 0 aromatic heterocycles. The first-order valence-electron chi connectivity index (χ1n) is 6.52. The van der Waals surface area contributed by atoms with Gasteiger partial charge in [0.1, 0.15) is 17.2 Å². The fourth-order valence-corrected chi connectivity index (χ4v) is 1.93. The third kappa shape index (κ3) is 3.86. The van der Waals surface area contributed by atoms with Crippen LogP contribution in [0.2, 0.25) is 0 Å². The summed E-state index contributed by atoms with van der Waals surface area (Å²) in [4.78, 5) is 11.8. The molecule has 110 valence electrons. The lowest BCUT2D eigenvalue weighted by atomic mass is 10.1. The van der Waals surface area contributed by atoms with E-state index in [9.17, 15) is 13.6 Å². The number of carbonyl (C=O) groups is 1. The number of amides is 1. The molecule has 21 heavy (non-hydrogen) atoms. The normalized spacial score (nSPS) is 10.4. The molecule has 2 aromatic rings. The SMILES string of the molecule is O=C(NCCc1ccc(CO)cc1)c1c(F)cccc1F. The summed E-state index contributed by atoms with van der Waals surface area (Å²) in [7, 11) is 0. The molecule has 2 aromatic carbocycles. The average molecular weight is 291 g/mol. The van der Waals surface area contributed by atoms with Crippen molar-refractivity contribution in [1.82, 2.24) is 5.32 Å². The van der Waals surface area contributed by atoms with Crippen molar-refractivity contribution in [2.75, 3.05) is 6.54 Å². The van der Waals surface area contributed by atoms with Crippen LogP contribution in [0.4, 0.5) is 8.78 Å². The third-order valence-electron chi connectivity index (χ3n) is 3.09. The van der Waals surface area contributed by atoms with Crippen molar-refractivity contribution in [3.05, 3.63) is 70.8 Å². The summed E-state index contributed by atoms with van der Waals surface area (Å²) in [5.74, 6) is -2.52. The second kappa shape index (κ2) is 6.95. The molecule has 2 rings (SSSR count). The van der Waals surface area contributed by atoms with E-state index in [2.05, 4.69) is 5.32 Å². The first-order valence-corrected chi connectivity index (χ1v) is 6.52. The highest BCUT2D eigenvalue weighted by Crippen LogP contribution is 2.11. The van der Waals surface area contributed by atoms with Crippen molar-refractivity contribution in [3.63, 3.8) is 0 Å². The molecule has 0 radical (unpaired) electrons. The van der Waals surface area contributed by atoms with Gasteiger partial charge in [0.2, 0.25) is 0 Å². The van der Waals surface area contributed by atoms with Gasteiger partial charge in [-0.3, -0.25) is 4.79 Å². The van der Waals surface area contributed by atoms with Gasteiger partial charge in [0.05, 0.1) is 6.61 Å². The summed E-state index contributed by atoms with van der Waals surface area (Å²) >= 11 is 0. The minimum absolute atomic E-state index is 0.0242. The van der Waals surface area contributed by atoms with E-state index in [1.54, 1.807) is 12.1 Å². The second-order valence-electron chi connectivity index (χ2n) is 4.58. The Balaban J connectivity index is 1.92. The Hall–Kier alpha value is -2.27. The molecule has 0 fully saturated rings. The minimum atomic E-state index is -0.875. The Kier molecular flexibility index (Phi) is 5.00. The van der Waals surface area contributed by atoms with Crippen LogP contribution in [0.1, 0.15) is 21.5 Å². The number of halogens is 2. The van der Waals surface area contributed by atoms with Gasteiger partial charge in [-0.2, -0.15) is 0 Å². The monoisotopic (exact) mass is 291 g/mol. The van der Waals surface area contributed by atoms with Crippen molar-refractivity contribution in [3.8, 4) is 0 Å². The van der Waals surface area contributed by atoms with Crippen molar-refractivity contribution >= 4 is 5.91 Å². The molecule has 0 heterocycles. The zero-order valence-corrected chi connectivity index (χ0v) is 11.3. The van der Waals surface area contributed by atoms with E-state index in [1.165, 1.54) is 6.07 Å². The number of nitrogens with one attached hydrogen (secondary N) is 1. The quantitative estimate of drug-likeness (QED) is 0.889.